The fourth-order valence-electron chi connectivity index (χ4n) is 3.99. The van der Waals surface area contributed by atoms with Crippen LogP contribution in [0.25, 0.3) is 0 Å². The van der Waals surface area contributed by atoms with Crippen molar-refractivity contribution in [1.82, 2.24) is 10.3 Å². The van der Waals surface area contributed by atoms with E-state index in [4.69, 9.17) is 9.47 Å². The van der Waals surface area contributed by atoms with Gasteiger partial charge in [-0.15, -0.1) is 11.3 Å². The first kappa shape index (κ1) is 14.6. The molecule has 5 rings (SSSR count). The summed E-state index contributed by atoms with van der Waals surface area (Å²) in [4.78, 5) is 17.5. The lowest BCUT2D eigenvalue weighted by molar-refractivity contribution is -0.0442. The van der Waals surface area contributed by atoms with E-state index in [0.717, 1.165) is 17.8 Å². The van der Waals surface area contributed by atoms with Crippen LogP contribution in [0.5, 0.6) is 0 Å². The van der Waals surface area contributed by atoms with Gasteiger partial charge in [0, 0.05) is 12.0 Å². The third-order valence-electron chi connectivity index (χ3n) is 5.20. The van der Waals surface area contributed by atoms with E-state index in [2.05, 4.69) is 34.6 Å². The van der Waals surface area contributed by atoms with Crippen LogP contribution in [0.3, 0.4) is 0 Å². The molecule has 0 bridgehead atoms. The molecule has 5 nitrogen and oxygen atoms in total. The van der Waals surface area contributed by atoms with Gasteiger partial charge < -0.3 is 14.8 Å². The molecule has 3 atom stereocenters. The Morgan fingerprint density at radius 1 is 1.25 bits per heavy atom. The van der Waals surface area contributed by atoms with Gasteiger partial charge in [0.2, 0.25) is 6.29 Å². The Balaban J connectivity index is 1.29. The molecule has 2 fully saturated rings. The first-order valence-electron chi connectivity index (χ1n) is 8.39. The average Bonchev–Trinajstić information content (AvgIpc) is 3.04. The molecule has 0 radical (unpaired) electrons. The maximum Gasteiger partial charge on any atom is 0.263 e. The Morgan fingerprint density at radius 3 is 2.96 bits per heavy atom. The molecule has 1 amide bonds. The van der Waals surface area contributed by atoms with Crippen LogP contribution in [0.2, 0.25) is 0 Å². The third kappa shape index (κ3) is 2.37. The second-order valence-electron chi connectivity index (χ2n) is 6.56. The van der Waals surface area contributed by atoms with Crippen molar-refractivity contribution in [2.45, 2.75) is 31.1 Å². The van der Waals surface area contributed by atoms with E-state index < -0.39 is 6.29 Å². The van der Waals surface area contributed by atoms with E-state index in [1.807, 2.05) is 0 Å². The molecule has 1 aliphatic heterocycles. The summed E-state index contributed by atoms with van der Waals surface area (Å²) in [5.74, 6) is 1.03. The molecule has 2 aliphatic carbocycles. The number of nitrogens with zero attached hydrogens (tertiary/aromatic N) is 1. The Morgan fingerprint density at radius 2 is 2.08 bits per heavy atom. The van der Waals surface area contributed by atoms with Crippen molar-refractivity contribution in [3.05, 3.63) is 51.5 Å². The highest BCUT2D eigenvalue weighted by atomic mass is 32.1. The van der Waals surface area contributed by atoms with E-state index in [1.165, 1.54) is 22.5 Å². The Bertz CT molecular complexity index is 784. The number of rotatable bonds is 3. The molecule has 2 heterocycles. The summed E-state index contributed by atoms with van der Waals surface area (Å²) >= 11 is 1.35. The predicted molar refractivity (Wildman–Crippen MR) is 89.0 cm³/mol. The van der Waals surface area contributed by atoms with Gasteiger partial charge in [-0.05, 0) is 29.9 Å². The number of ether oxygens (including phenoxy) is 2. The Hall–Kier alpha value is -1.76. The molecule has 2 aromatic rings. The van der Waals surface area contributed by atoms with E-state index in [0.29, 0.717) is 29.9 Å². The SMILES string of the molecule is O=C(N[C@@H]1[C@@H]2CCc3ccccc3[C@H]21)c1cnc(C2OCCO2)s1. The first-order chi connectivity index (χ1) is 11.8. The number of aromatic nitrogens is 1. The number of hydrogen-bond donors (Lipinski definition) is 1. The van der Waals surface area contributed by atoms with Gasteiger partial charge in [-0.1, -0.05) is 24.3 Å². The van der Waals surface area contributed by atoms with Gasteiger partial charge in [0.25, 0.3) is 5.91 Å². The molecule has 1 N–H and O–H groups in total. The highest BCUT2D eigenvalue weighted by molar-refractivity contribution is 7.13. The lowest BCUT2D eigenvalue weighted by atomic mass is 9.92. The number of fused-ring (bicyclic) bond motifs is 3. The Labute approximate surface area is 144 Å². The minimum Gasteiger partial charge on any atom is -0.348 e. The minimum atomic E-state index is -0.410. The molecular weight excluding hydrogens is 324 g/mol. The van der Waals surface area contributed by atoms with Crippen LogP contribution in [0, 0.1) is 5.92 Å². The van der Waals surface area contributed by atoms with Crippen molar-refractivity contribution >= 4 is 17.2 Å². The summed E-state index contributed by atoms with van der Waals surface area (Å²) in [5, 5.41) is 3.93. The number of hydrogen-bond acceptors (Lipinski definition) is 5. The van der Waals surface area contributed by atoms with Gasteiger partial charge in [-0.2, -0.15) is 0 Å². The maximum atomic E-state index is 12.6. The zero-order valence-corrected chi connectivity index (χ0v) is 13.9. The molecule has 1 saturated heterocycles. The largest absolute Gasteiger partial charge is 0.348 e. The van der Waals surface area contributed by atoms with Gasteiger partial charge in [0.05, 0.1) is 19.4 Å². The van der Waals surface area contributed by atoms with Gasteiger partial charge in [-0.3, -0.25) is 4.79 Å². The summed E-state index contributed by atoms with van der Waals surface area (Å²) in [7, 11) is 0. The van der Waals surface area contributed by atoms with Crippen molar-refractivity contribution in [2.75, 3.05) is 13.2 Å². The number of carbonyl (C=O) groups is 1. The van der Waals surface area contributed by atoms with E-state index in [1.54, 1.807) is 6.20 Å². The van der Waals surface area contributed by atoms with Gasteiger partial charge in [0.15, 0.2) is 0 Å². The van der Waals surface area contributed by atoms with Gasteiger partial charge >= 0.3 is 0 Å². The van der Waals surface area contributed by atoms with Gasteiger partial charge in [0.1, 0.15) is 9.88 Å². The molecule has 1 aromatic heterocycles. The number of carbonyl (C=O) groups excluding carboxylic acids is 1. The zero-order chi connectivity index (χ0) is 16.1. The molecule has 124 valence electrons. The number of thiazole rings is 1. The summed E-state index contributed by atoms with van der Waals surface area (Å²) in [6.07, 6.45) is 3.49. The summed E-state index contributed by atoms with van der Waals surface area (Å²) in [5.41, 5.74) is 2.85. The second-order valence-corrected chi connectivity index (χ2v) is 7.62. The van der Waals surface area contributed by atoms with E-state index in [9.17, 15) is 4.79 Å². The van der Waals surface area contributed by atoms with Crippen LogP contribution in [0.1, 0.15) is 44.4 Å². The molecule has 24 heavy (non-hydrogen) atoms. The van der Waals surface area contributed by atoms with Crippen molar-refractivity contribution in [2.24, 2.45) is 5.92 Å². The lowest BCUT2D eigenvalue weighted by Gasteiger charge is -2.13. The zero-order valence-electron chi connectivity index (χ0n) is 13.1. The van der Waals surface area contributed by atoms with Crippen LogP contribution < -0.4 is 5.32 Å². The average molecular weight is 342 g/mol. The van der Waals surface area contributed by atoms with Crippen molar-refractivity contribution < 1.29 is 14.3 Å². The molecule has 1 aromatic carbocycles. The number of amides is 1. The summed E-state index contributed by atoms with van der Waals surface area (Å²) < 4.78 is 10.9. The fourth-order valence-corrected chi connectivity index (χ4v) is 4.81. The van der Waals surface area contributed by atoms with Crippen LogP contribution in [-0.2, 0) is 15.9 Å². The smallest absolute Gasteiger partial charge is 0.263 e. The first-order valence-corrected chi connectivity index (χ1v) is 9.20. The molecule has 3 aliphatic rings. The molecule has 6 heteroatoms. The fraction of sp³-hybridized carbons (Fsp3) is 0.444. The highest BCUT2D eigenvalue weighted by Gasteiger charge is 2.53. The standard InChI is InChI=1S/C18H18N2O3S/c21-16(13-9-19-17(24-13)18-22-7-8-23-18)20-15-12-6-5-10-3-1-2-4-11(10)14(12)15/h1-4,9,12,14-15,18H,5-8H2,(H,20,21)/t12-,14-,15-/m1/s1. The molecule has 1 saturated carbocycles. The van der Waals surface area contributed by atoms with Crippen molar-refractivity contribution in [1.29, 1.82) is 0 Å². The monoisotopic (exact) mass is 342 g/mol. The minimum absolute atomic E-state index is 0.0337. The topological polar surface area (TPSA) is 60.5 Å². The quantitative estimate of drug-likeness (QED) is 0.932. The number of aryl methyl sites for hydroxylation is 1. The number of benzene rings is 1. The predicted octanol–water partition coefficient (Wildman–Crippen LogP) is 2.65. The van der Waals surface area contributed by atoms with Gasteiger partial charge in [-0.25, -0.2) is 4.98 Å². The maximum absolute atomic E-state index is 12.6. The molecule has 0 unspecified atom stereocenters. The molecule has 0 spiro atoms. The highest BCUT2D eigenvalue weighted by Crippen LogP contribution is 2.54. The normalized spacial score (nSPS) is 28.2. The number of nitrogens with one attached hydrogen (secondary N) is 1. The van der Waals surface area contributed by atoms with Crippen LogP contribution in [0.4, 0.5) is 0 Å². The van der Waals surface area contributed by atoms with Crippen molar-refractivity contribution in [3.8, 4) is 0 Å². The van der Waals surface area contributed by atoms with E-state index >= 15 is 0 Å². The summed E-state index contributed by atoms with van der Waals surface area (Å²) in [6.45, 7) is 1.16. The van der Waals surface area contributed by atoms with Crippen LogP contribution in [-0.4, -0.2) is 30.1 Å². The third-order valence-corrected chi connectivity index (χ3v) is 6.22. The molecular formula is C18H18N2O3S. The Kier molecular flexibility index (Phi) is 3.43. The van der Waals surface area contributed by atoms with Crippen molar-refractivity contribution in [3.63, 3.8) is 0 Å². The van der Waals surface area contributed by atoms with Crippen LogP contribution in [0.15, 0.2) is 30.5 Å². The van der Waals surface area contributed by atoms with E-state index in [-0.39, 0.29) is 11.9 Å². The lowest BCUT2D eigenvalue weighted by Crippen LogP contribution is -2.26. The van der Waals surface area contributed by atoms with Crippen LogP contribution >= 0.6 is 11.3 Å². The summed E-state index contributed by atoms with van der Waals surface area (Å²) in [6, 6.07) is 8.86. The second kappa shape index (κ2) is 5.65.